The highest BCUT2D eigenvalue weighted by Gasteiger charge is 2.77. The highest BCUT2D eigenvalue weighted by Crippen LogP contribution is 2.66. The Kier molecular flexibility index (Phi) is 7.27. The predicted molar refractivity (Wildman–Crippen MR) is 142 cm³/mol. The van der Waals surface area contributed by atoms with E-state index in [1.54, 1.807) is 13.8 Å². The lowest BCUT2D eigenvalue weighted by Gasteiger charge is -2.36. The Bertz CT molecular complexity index is 1110. The van der Waals surface area contributed by atoms with E-state index in [9.17, 15) is 28.8 Å². The van der Waals surface area contributed by atoms with E-state index in [0.29, 0.717) is 25.7 Å². The molecule has 12 heteroatoms. The molecule has 2 aliphatic carbocycles. The van der Waals surface area contributed by atoms with Gasteiger partial charge in [0, 0.05) is 10.8 Å². The van der Waals surface area contributed by atoms with Crippen LogP contribution in [0.15, 0.2) is 0 Å². The average molecular weight is 579 g/mol. The molecule has 0 radical (unpaired) electrons. The minimum Gasteiger partial charge on any atom is -0.467 e. The second kappa shape index (κ2) is 9.69. The number of nitrogens with one attached hydrogen (secondary N) is 2. The Labute approximate surface area is 239 Å². The van der Waals surface area contributed by atoms with Gasteiger partial charge >= 0.3 is 23.9 Å². The smallest absolute Gasteiger partial charge is 0.328 e. The third-order valence-electron chi connectivity index (χ3n) is 11.5. The van der Waals surface area contributed by atoms with Crippen molar-refractivity contribution in [2.24, 2.45) is 21.7 Å². The molecule has 2 saturated carbocycles. The maximum Gasteiger partial charge on any atom is 0.328 e. The van der Waals surface area contributed by atoms with Crippen molar-refractivity contribution < 1.29 is 47.7 Å². The van der Waals surface area contributed by atoms with Crippen LogP contribution >= 0.6 is 0 Å². The van der Waals surface area contributed by atoms with Crippen LogP contribution < -0.4 is 10.6 Å². The Hall–Kier alpha value is -3.18. The molecule has 0 aromatic heterocycles. The van der Waals surface area contributed by atoms with E-state index in [1.165, 1.54) is 14.2 Å². The number of hydrogen-bond donors (Lipinski definition) is 2. The molecule has 2 saturated heterocycles. The van der Waals surface area contributed by atoms with Crippen LogP contribution in [0.3, 0.4) is 0 Å². The van der Waals surface area contributed by atoms with Crippen LogP contribution in [0.1, 0.15) is 86.5 Å². The Morgan fingerprint density at radius 2 is 1.02 bits per heavy atom. The average Bonchev–Trinajstić information content (AvgIpc) is 3.38. The van der Waals surface area contributed by atoms with Gasteiger partial charge in [-0.2, -0.15) is 0 Å². The fourth-order valence-corrected chi connectivity index (χ4v) is 7.35. The van der Waals surface area contributed by atoms with Crippen molar-refractivity contribution in [3.8, 4) is 0 Å². The van der Waals surface area contributed by atoms with Gasteiger partial charge in [0.1, 0.15) is 12.1 Å². The number of methoxy groups -OCH3 is 2. The van der Waals surface area contributed by atoms with Gasteiger partial charge in [0.25, 0.3) is 11.8 Å². The number of fused-ring (bicyclic) bond motifs is 4. The first-order valence-electron chi connectivity index (χ1n) is 14.2. The molecule has 41 heavy (non-hydrogen) atoms. The molecule has 228 valence electrons. The van der Waals surface area contributed by atoms with Crippen LogP contribution in [0.4, 0.5) is 0 Å². The maximum absolute atomic E-state index is 13.5. The van der Waals surface area contributed by atoms with Crippen LogP contribution in [-0.2, 0) is 47.7 Å². The van der Waals surface area contributed by atoms with E-state index in [0.717, 1.165) is 0 Å². The summed E-state index contributed by atoms with van der Waals surface area (Å²) < 4.78 is 21.1. The van der Waals surface area contributed by atoms with E-state index in [4.69, 9.17) is 18.9 Å². The van der Waals surface area contributed by atoms with Crippen molar-refractivity contribution >= 4 is 35.7 Å². The Balaban J connectivity index is 1.44. The van der Waals surface area contributed by atoms with E-state index in [2.05, 4.69) is 10.6 Å². The van der Waals surface area contributed by atoms with E-state index in [-0.39, 0.29) is 19.3 Å². The van der Waals surface area contributed by atoms with Gasteiger partial charge in [-0.15, -0.1) is 0 Å². The molecule has 4 rings (SSSR count). The highest BCUT2D eigenvalue weighted by molar-refractivity contribution is 5.99. The molecule has 4 fully saturated rings. The molecular weight excluding hydrogens is 536 g/mol. The first kappa shape index (κ1) is 30.8. The Morgan fingerprint density at radius 3 is 1.27 bits per heavy atom. The molecule has 0 aromatic carbocycles. The van der Waals surface area contributed by atoms with Gasteiger partial charge in [-0.1, -0.05) is 27.7 Å². The van der Waals surface area contributed by atoms with E-state index < -0.39 is 80.6 Å². The van der Waals surface area contributed by atoms with Crippen molar-refractivity contribution in [2.45, 2.75) is 110 Å². The van der Waals surface area contributed by atoms with Crippen molar-refractivity contribution in [2.75, 3.05) is 14.2 Å². The zero-order valence-corrected chi connectivity index (χ0v) is 25.2. The lowest BCUT2D eigenvalue weighted by Crippen LogP contribution is -2.57. The molecule has 4 aliphatic rings. The summed E-state index contributed by atoms with van der Waals surface area (Å²) in [5.41, 5.74) is -6.03. The van der Waals surface area contributed by atoms with Gasteiger partial charge in [0.05, 0.1) is 25.0 Å². The summed E-state index contributed by atoms with van der Waals surface area (Å²) in [6.07, 6.45) is 2.01. The number of esters is 4. The molecule has 2 heterocycles. The lowest BCUT2D eigenvalue weighted by atomic mass is 9.66. The minimum absolute atomic E-state index is 0.0766. The summed E-state index contributed by atoms with van der Waals surface area (Å²) in [6, 6.07) is -2.16. The quantitative estimate of drug-likeness (QED) is 0.288. The molecule has 2 amide bonds. The van der Waals surface area contributed by atoms with Gasteiger partial charge < -0.3 is 29.6 Å². The molecule has 0 spiro atoms. The van der Waals surface area contributed by atoms with E-state index in [1.807, 2.05) is 27.7 Å². The first-order valence-corrected chi connectivity index (χ1v) is 14.2. The minimum atomic E-state index is -1.41. The fraction of sp³-hybridized carbons (Fsp3) is 0.793. The van der Waals surface area contributed by atoms with Gasteiger partial charge in [0.2, 0.25) is 0 Å². The standard InChI is InChI=1S/C29H42N2O10/c1-24(2)26(5)12-14-28(24,40-22(26)36)20(34)30-16(18(32)38-7)10-9-11-17(19(33)39-8)31-21(35)29-15-13-27(6,23(37)41-29)25(29,3)4/h16-17H,9-15H2,1-8H3,(H,30,34)(H,31,35)/t16-,17-,26-,27-,28+,29+/m0/s1. The molecular formula is C29H42N2O10. The SMILES string of the molecule is COC(=O)[C@H](CCC[C@H](NC(=O)[C@@]12CC[C@@](C)(C(=O)O1)C2(C)C)C(=O)OC)NC(=O)[C@@]12CC[C@@](C)(C(=O)O1)C2(C)C. The zero-order valence-electron chi connectivity index (χ0n) is 25.2. The summed E-state index contributed by atoms with van der Waals surface area (Å²) in [4.78, 5) is 77.5. The highest BCUT2D eigenvalue weighted by atomic mass is 16.6. The van der Waals surface area contributed by atoms with Crippen LogP contribution in [0.5, 0.6) is 0 Å². The maximum atomic E-state index is 13.5. The zero-order chi connectivity index (χ0) is 30.8. The molecule has 0 unspecified atom stereocenters. The largest absolute Gasteiger partial charge is 0.467 e. The number of ether oxygens (including phenoxy) is 4. The predicted octanol–water partition coefficient (Wildman–Crippen LogP) is 1.72. The van der Waals surface area contributed by atoms with Crippen LogP contribution in [0.25, 0.3) is 0 Å². The Morgan fingerprint density at radius 1 is 0.683 bits per heavy atom. The topological polar surface area (TPSA) is 163 Å². The number of carbonyl (C=O) groups excluding carboxylic acids is 6. The van der Waals surface area contributed by atoms with Crippen LogP contribution in [-0.4, -0.2) is 73.2 Å². The molecule has 2 aliphatic heterocycles. The summed E-state index contributed by atoms with van der Waals surface area (Å²) in [5, 5.41) is 5.43. The van der Waals surface area contributed by atoms with Crippen molar-refractivity contribution in [1.82, 2.24) is 10.6 Å². The molecule has 6 atom stereocenters. The number of carbonyl (C=O) groups is 6. The second-order valence-electron chi connectivity index (χ2n) is 13.4. The molecule has 0 aromatic rings. The molecule has 4 bridgehead atoms. The number of rotatable bonds is 10. The first-order chi connectivity index (χ1) is 18.9. The molecule has 2 N–H and O–H groups in total. The monoisotopic (exact) mass is 578 g/mol. The summed E-state index contributed by atoms with van der Waals surface area (Å²) in [5.74, 6) is -3.40. The normalized spacial score (nSPS) is 35.2. The van der Waals surface area contributed by atoms with Crippen molar-refractivity contribution in [3.63, 3.8) is 0 Å². The van der Waals surface area contributed by atoms with Gasteiger partial charge in [0.15, 0.2) is 11.2 Å². The summed E-state index contributed by atoms with van der Waals surface area (Å²) >= 11 is 0. The number of hydrogen-bond acceptors (Lipinski definition) is 10. The fourth-order valence-electron chi connectivity index (χ4n) is 7.35. The summed E-state index contributed by atoms with van der Waals surface area (Å²) in [6.45, 7) is 10.8. The van der Waals surface area contributed by atoms with Gasteiger partial charge in [-0.25, -0.2) is 9.59 Å². The van der Waals surface area contributed by atoms with Crippen molar-refractivity contribution in [1.29, 1.82) is 0 Å². The molecule has 12 nitrogen and oxygen atoms in total. The van der Waals surface area contributed by atoms with E-state index >= 15 is 0 Å². The number of amides is 2. The second-order valence-corrected chi connectivity index (χ2v) is 13.4. The third-order valence-corrected chi connectivity index (χ3v) is 11.5. The van der Waals surface area contributed by atoms with Gasteiger partial charge in [-0.3, -0.25) is 19.2 Å². The summed E-state index contributed by atoms with van der Waals surface area (Å²) in [7, 11) is 2.39. The van der Waals surface area contributed by atoms with Gasteiger partial charge in [-0.05, 0) is 58.8 Å². The lowest BCUT2D eigenvalue weighted by molar-refractivity contribution is -0.169. The van der Waals surface area contributed by atoms with Crippen LogP contribution in [0, 0.1) is 21.7 Å². The van der Waals surface area contributed by atoms with Crippen LogP contribution in [0.2, 0.25) is 0 Å². The third kappa shape index (κ3) is 3.91. The van der Waals surface area contributed by atoms with Crippen molar-refractivity contribution in [3.05, 3.63) is 0 Å².